The minimum absolute atomic E-state index is 0.290. The maximum absolute atomic E-state index is 13.8. The number of benzene rings is 2. The zero-order valence-electron chi connectivity index (χ0n) is 16.0. The second-order valence-corrected chi connectivity index (χ2v) is 6.98. The molecule has 3 aromatic rings. The van der Waals surface area contributed by atoms with E-state index in [1.807, 2.05) is 0 Å². The Labute approximate surface area is 169 Å². The lowest BCUT2D eigenvalue weighted by Crippen LogP contribution is -2.30. The zero-order valence-corrected chi connectivity index (χ0v) is 16.0. The van der Waals surface area contributed by atoms with Crippen LogP contribution in [0.1, 0.15) is 29.6 Å². The maximum atomic E-state index is 13.8. The van der Waals surface area contributed by atoms with Crippen molar-refractivity contribution in [1.82, 2.24) is 4.98 Å². The summed E-state index contributed by atoms with van der Waals surface area (Å²) in [5, 5.41) is 2.86. The third-order valence-electron chi connectivity index (χ3n) is 4.89. The first-order valence-corrected chi connectivity index (χ1v) is 9.73. The number of nitrogens with one attached hydrogen (secondary N) is 1. The van der Waals surface area contributed by atoms with Gasteiger partial charge in [0.25, 0.3) is 5.91 Å². The number of nitrogens with zero attached hydrogens (tertiary/aromatic N) is 2. The first kappa shape index (κ1) is 18.9. The number of carbonyl (C=O) groups is 1. The molecule has 0 aliphatic carbocycles. The van der Waals surface area contributed by atoms with Gasteiger partial charge in [-0.25, -0.2) is 4.39 Å². The molecule has 1 amide bonds. The molecular formula is C23H22FN3O2. The van der Waals surface area contributed by atoms with E-state index in [-0.39, 0.29) is 11.7 Å². The van der Waals surface area contributed by atoms with E-state index in [0.29, 0.717) is 22.7 Å². The van der Waals surface area contributed by atoms with Gasteiger partial charge in [-0.2, -0.15) is 0 Å². The number of ether oxygens (including phenoxy) is 1. The highest BCUT2D eigenvalue weighted by Gasteiger charge is 2.17. The Bertz CT molecular complexity index is 971. The molecule has 1 N–H and O–H groups in total. The van der Waals surface area contributed by atoms with Gasteiger partial charge < -0.3 is 15.0 Å². The predicted molar refractivity (Wildman–Crippen MR) is 111 cm³/mol. The Morgan fingerprint density at radius 3 is 2.52 bits per heavy atom. The lowest BCUT2D eigenvalue weighted by atomic mass is 10.1. The van der Waals surface area contributed by atoms with Gasteiger partial charge in [-0.15, -0.1) is 0 Å². The molecule has 6 heteroatoms. The molecule has 4 rings (SSSR count). The summed E-state index contributed by atoms with van der Waals surface area (Å²) in [4.78, 5) is 18.9. The molecule has 29 heavy (non-hydrogen) atoms. The molecule has 5 nitrogen and oxygen atoms in total. The summed E-state index contributed by atoms with van der Waals surface area (Å²) >= 11 is 0. The van der Waals surface area contributed by atoms with E-state index in [2.05, 4.69) is 15.2 Å². The summed E-state index contributed by atoms with van der Waals surface area (Å²) in [5.41, 5.74) is 1.82. The van der Waals surface area contributed by atoms with E-state index in [1.54, 1.807) is 54.9 Å². The van der Waals surface area contributed by atoms with Crippen molar-refractivity contribution in [1.29, 1.82) is 0 Å². The third kappa shape index (κ3) is 4.71. The van der Waals surface area contributed by atoms with Crippen LogP contribution in [0, 0.1) is 5.82 Å². The van der Waals surface area contributed by atoms with Crippen molar-refractivity contribution in [3.05, 3.63) is 78.4 Å². The summed E-state index contributed by atoms with van der Waals surface area (Å²) in [6.45, 7) is 1.82. The van der Waals surface area contributed by atoms with Gasteiger partial charge in [-0.05, 0) is 73.9 Å². The number of rotatable bonds is 5. The van der Waals surface area contributed by atoms with Crippen molar-refractivity contribution in [2.24, 2.45) is 0 Å². The van der Waals surface area contributed by atoms with Crippen molar-refractivity contribution in [3.8, 4) is 11.5 Å². The van der Waals surface area contributed by atoms with Crippen LogP contribution in [0.25, 0.3) is 0 Å². The number of carbonyl (C=O) groups excluding carboxylic acids is 1. The molecule has 0 spiro atoms. The summed E-state index contributed by atoms with van der Waals surface area (Å²) in [6, 6.07) is 14.9. The molecule has 1 aliphatic heterocycles. The molecule has 0 bridgehead atoms. The second kappa shape index (κ2) is 8.73. The van der Waals surface area contributed by atoms with Crippen molar-refractivity contribution >= 4 is 17.3 Å². The SMILES string of the molecule is O=C(Nc1cc(F)ccc1N1CCCCC1)c1ccc(Oc2cccnc2)cc1. The van der Waals surface area contributed by atoms with Gasteiger partial charge >= 0.3 is 0 Å². The average molecular weight is 391 g/mol. The molecular weight excluding hydrogens is 369 g/mol. The minimum Gasteiger partial charge on any atom is -0.456 e. The molecule has 1 fully saturated rings. The van der Waals surface area contributed by atoms with E-state index >= 15 is 0 Å². The van der Waals surface area contributed by atoms with Crippen LogP contribution in [0.5, 0.6) is 11.5 Å². The van der Waals surface area contributed by atoms with E-state index < -0.39 is 0 Å². The first-order chi connectivity index (χ1) is 14.2. The van der Waals surface area contributed by atoms with Crippen LogP contribution in [0.3, 0.4) is 0 Å². The Morgan fingerprint density at radius 2 is 1.79 bits per heavy atom. The standard InChI is InChI=1S/C23H22FN3O2/c24-18-8-11-22(27-13-2-1-3-14-27)21(15-18)26-23(28)17-6-9-19(10-7-17)29-20-5-4-12-25-16-20/h4-12,15-16H,1-3,13-14H2,(H,26,28). The van der Waals surface area contributed by atoms with Crippen molar-refractivity contribution in [2.75, 3.05) is 23.3 Å². The van der Waals surface area contributed by atoms with Gasteiger partial charge in [0.2, 0.25) is 0 Å². The van der Waals surface area contributed by atoms with Crippen LogP contribution in [0.4, 0.5) is 15.8 Å². The van der Waals surface area contributed by atoms with E-state index in [4.69, 9.17) is 4.74 Å². The minimum atomic E-state index is -0.374. The molecule has 0 unspecified atom stereocenters. The highest BCUT2D eigenvalue weighted by molar-refractivity contribution is 6.06. The Hall–Kier alpha value is -3.41. The molecule has 0 atom stereocenters. The largest absolute Gasteiger partial charge is 0.456 e. The topological polar surface area (TPSA) is 54.5 Å². The average Bonchev–Trinajstić information content (AvgIpc) is 2.76. The fourth-order valence-electron chi connectivity index (χ4n) is 3.43. The molecule has 148 valence electrons. The van der Waals surface area contributed by atoms with E-state index in [9.17, 15) is 9.18 Å². The molecule has 2 aromatic carbocycles. The molecule has 1 saturated heterocycles. The lowest BCUT2D eigenvalue weighted by molar-refractivity contribution is 0.102. The summed E-state index contributed by atoms with van der Waals surface area (Å²) in [5.74, 6) is 0.563. The Morgan fingerprint density at radius 1 is 1.00 bits per heavy atom. The number of pyridine rings is 1. The highest BCUT2D eigenvalue weighted by Crippen LogP contribution is 2.30. The van der Waals surface area contributed by atoms with Gasteiger partial charge in [0, 0.05) is 24.8 Å². The highest BCUT2D eigenvalue weighted by atomic mass is 19.1. The van der Waals surface area contributed by atoms with Crippen LogP contribution in [0.15, 0.2) is 67.0 Å². The monoisotopic (exact) mass is 391 g/mol. The molecule has 0 radical (unpaired) electrons. The number of hydrogen-bond donors (Lipinski definition) is 1. The van der Waals surface area contributed by atoms with Crippen molar-refractivity contribution < 1.29 is 13.9 Å². The predicted octanol–water partition coefficient (Wildman–Crippen LogP) is 5.26. The summed E-state index contributed by atoms with van der Waals surface area (Å²) in [7, 11) is 0. The number of halogens is 1. The Balaban J connectivity index is 1.48. The van der Waals surface area contributed by atoms with Gasteiger partial charge in [-0.1, -0.05) is 0 Å². The third-order valence-corrected chi connectivity index (χ3v) is 4.89. The molecule has 1 aromatic heterocycles. The maximum Gasteiger partial charge on any atom is 0.255 e. The van der Waals surface area contributed by atoms with Gasteiger partial charge in [0.05, 0.1) is 17.6 Å². The van der Waals surface area contributed by atoms with Crippen LogP contribution in [-0.4, -0.2) is 24.0 Å². The van der Waals surface area contributed by atoms with E-state index in [0.717, 1.165) is 31.6 Å². The molecule has 1 aliphatic rings. The van der Waals surface area contributed by atoms with Crippen molar-refractivity contribution in [3.63, 3.8) is 0 Å². The van der Waals surface area contributed by atoms with Crippen molar-refractivity contribution in [2.45, 2.75) is 19.3 Å². The van der Waals surface area contributed by atoms with Gasteiger partial charge in [0.1, 0.15) is 17.3 Å². The number of piperidine rings is 1. The number of amides is 1. The van der Waals surface area contributed by atoms with Crippen LogP contribution in [-0.2, 0) is 0 Å². The molecule has 2 heterocycles. The van der Waals surface area contributed by atoms with Crippen LogP contribution >= 0.6 is 0 Å². The second-order valence-electron chi connectivity index (χ2n) is 6.98. The van der Waals surface area contributed by atoms with Gasteiger partial charge in [-0.3, -0.25) is 9.78 Å². The lowest BCUT2D eigenvalue weighted by Gasteiger charge is -2.30. The number of anilines is 2. The van der Waals surface area contributed by atoms with E-state index in [1.165, 1.54) is 18.6 Å². The summed E-state index contributed by atoms with van der Waals surface area (Å²) < 4.78 is 19.5. The molecule has 0 saturated carbocycles. The fourth-order valence-corrected chi connectivity index (χ4v) is 3.43. The van der Waals surface area contributed by atoms with Crippen LogP contribution in [0.2, 0.25) is 0 Å². The van der Waals surface area contributed by atoms with Gasteiger partial charge in [0.15, 0.2) is 0 Å². The first-order valence-electron chi connectivity index (χ1n) is 9.73. The smallest absolute Gasteiger partial charge is 0.255 e. The summed E-state index contributed by atoms with van der Waals surface area (Å²) in [6.07, 6.45) is 6.69. The number of aromatic nitrogens is 1. The fraction of sp³-hybridized carbons (Fsp3) is 0.217. The normalized spacial score (nSPS) is 13.8. The quantitative estimate of drug-likeness (QED) is 0.645. The van der Waals surface area contributed by atoms with Crippen LogP contribution < -0.4 is 15.0 Å². The number of hydrogen-bond acceptors (Lipinski definition) is 4. The zero-order chi connectivity index (χ0) is 20.1. The Kier molecular flexibility index (Phi) is 5.70.